The predicted octanol–water partition coefficient (Wildman–Crippen LogP) is 3.05. The van der Waals surface area contributed by atoms with Crippen molar-refractivity contribution in [2.24, 2.45) is 0 Å². The van der Waals surface area contributed by atoms with Crippen molar-refractivity contribution in [1.82, 2.24) is 14.8 Å². The van der Waals surface area contributed by atoms with Crippen molar-refractivity contribution in [3.63, 3.8) is 0 Å². The molecule has 0 bridgehead atoms. The van der Waals surface area contributed by atoms with Crippen molar-refractivity contribution in [2.45, 2.75) is 40.3 Å². The van der Waals surface area contributed by atoms with Crippen LogP contribution in [0.2, 0.25) is 0 Å². The highest BCUT2D eigenvalue weighted by molar-refractivity contribution is 5.35. The third-order valence-corrected chi connectivity index (χ3v) is 2.84. The number of hydrogen-bond acceptors (Lipinski definition) is 3. The second kappa shape index (κ2) is 5.21. The molecule has 0 radical (unpaired) electrons. The number of aryl methyl sites for hydroxylation is 2. The Morgan fingerprint density at radius 3 is 2.78 bits per heavy atom. The van der Waals surface area contributed by atoms with Crippen LogP contribution in [-0.2, 0) is 6.61 Å². The molecule has 0 aliphatic heterocycles. The van der Waals surface area contributed by atoms with Gasteiger partial charge in [-0.05, 0) is 44.9 Å². The van der Waals surface area contributed by atoms with E-state index in [4.69, 9.17) is 4.74 Å². The summed E-state index contributed by atoms with van der Waals surface area (Å²) >= 11 is 0. The average molecular weight is 245 g/mol. The molecule has 0 aliphatic rings. The molecule has 0 fully saturated rings. The van der Waals surface area contributed by atoms with Gasteiger partial charge in [-0.15, -0.1) is 0 Å². The third kappa shape index (κ3) is 2.70. The number of aromatic nitrogens is 3. The van der Waals surface area contributed by atoms with E-state index in [-0.39, 0.29) is 0 Å². The highest BCUT2D eigenvalue weighted by Gasteiger charge is 2.09. The van der Waals surface area contributed by atoms with E-state index >= 15 is 0 Å². The molecule has 0 unspecified atom stereocenters. The molecule has 0 saturated heterocycles. The first-order valence-corrected chi connectivity index (χ1v) is 6.16. The molecule has 18 heavy (non-hydrogen) atoms. The molecule has 0 saturated carbocycles. The fourth-order valence-corrected chi connectivity index (χ4v) is 1.81. The van der Waals surface area contributed by atoms with Crippen LogP contribution in [0.5, 0.6) is 5.75 Å². The molecule has 1 aromatic carbocycles. The average Bonchev–Trinajstić information content (AvgIpc) is 2.79. The van der Waals surface area contributed by atoms with E-state index in [1.807, 2.05) is 17.7 Å². The van der Waals surface area contributed by atoms with Gasteiger partial charge in [0.15, 0.2) is 5.82 Å². The summed E-state index contributed by atoms with van der Waals surface area (Å²) < 4.78 is 7.71. The van der Waals surface area contributed by atoms with Gasteiger partial charge in [0.1, 0.15) is 18.7 Å². The van der Waals surface area contributed by atoms with E-state index in [0.717, 1.165) is 17.1 Å². The second-order valence-corrected chi connectivity index (χ2v) is 4.77. The van der Waals surface area contributed by atoms with E-state index in [0.29, 0.717) is 12.6 Å². The Labute approximate surface area is 108 Å². The zero-order valence-corrected chi connectivity index (χ0v) is 11.3. The van der Waals surface area contributed by atoms with E-state index in [1.165, 1.54) is 5.56 Å². The zero-order chi connectivity index (χ0) is 13.1. The third-order valence-electron chi connectivity index (χ3n) is 2.84. The maximum Gasteiger partial charge on any atom is 0.165 e. The van der Waals surface area contributed by atoms with Gasteiger partial charge in [0.2, 0.25) is 0 Å². The summed E-state index contributed by atoms with van der Waals surface area (Å²) in [5, 5.41) is 4.19. The van der Waals surface area contributed by atoms with Crippen molar-refractivity contribution in [3.05, 3.63) is 41.5 Å². The summed E-state index contributed by atoms with van der Waals surface area (Å²) in [6.45, 7) is 8.71. The van der Waals surface area contributed by atoms with Crippen molar-refractivity contribution in [1.29, 1.82) is 0 Å². The minimum absolute atomic E-state index is 0.296. The smallest absolute Gasteiger partial charge is 0.165 e. The van der Waals surface area contributed by atoms with Crippen LogP contribution in [-0.4, -0.2) is 14.8 Å². The molecule has 1 aromatic heterocycles. The van der Waals surface area contributed by atoms with Crippen LogP contribution in [0.1, 0.15) is 36.8 Å². The molecular formula is C14H19N3O. The predicted molar refractivity (Wildman–Crippen MR) is 70.7 cm³/mol. The molecule has 4 heteroatoms. The molecule has 1 heterocycles. The lowest BCUT2D eigenvalue weighted by Gasteiger charge is -2.12. The van der Waals surface area contributed by atoms with Crippen molar-refractivity contribution < 1.29 is 4.74 Å². The largest absolute Gasteiger partial charge is 0.485 e. The molecule has 0 N–H and O–H groups in total. The molecular weight excluding hydrogens is 226 g/mol. The molecule has 0 spiro atoms. The van der Waals surface area contributed by atoms with Gasteiger partial charge in [-0.1, -0.05) is 12.1 Å². The van der Waals surface area contributed by atoms with E-state index in [2.05, 4.69) is 43.0 Å². The number of nitrogens with zero attached hydrogens (tertiary/aromatic N) is 3. The van der Waals surface area contributed by atoms with Crippen molar-refractivity contribution >= 4 is 0 Å². The molecule has 0 aliphatic carbocycles. The standard InChI is InChI=1S/C14H19N3O/c1-10(2)17-14(15-9-16-17)8-18-13-7-11(3)5-6-12(13)4/h5-7,9-10H,8H2,1-4H3. The molecule has 0 amide bonds. The molecule has 96 valence electrons. The van der Waals surface area contributed by atoms with Crippen LogP contribution in [0.4, 0.5) is 0 Å². The second-order valence-electron chi connectivity index (χ2n) is 4.77. The quantitative estimate of drug-likeness (QED) is 0.831. The maximum atomic E-state index is 5.83. The Hall–Kier alpha value is -1.84. The van der Waals surface area contributed by atoms with Gasteiger partial charge in [0.05, 0.1) is 0 Å². The Morgan fingerprint density at radius 2 is 2.06 bits per heavy atom. The summed E-state index contributed by atoms with van der Waals surface area (Å²) in [5.41, 5.74) is 2.33. The minimum Gasteiger partial charge on any atom is -0.485 e. The summed E-state index contributed by atoms with van der Waals surface area (Å²) in [7, 11) is 0. The van der Waals surface area contributed by atoms with Crippen molar-refractivity contribution in [3.8, 4) is 5.75 Å². The Kier molecular flexibility index (Phi) is 3.65. The Balaban J connectivity index is 2.11. The van der Waals surface area contributed by atoms with Gasteiger partial charge < -0.3 is 4.74 Å². The number of rotatable bonds is 4. The van der Waals surface area contributed by atoms with Gasteiger partial charge in [-0.2, -0.15) is 5.10 Å². The first-order chi connectivity index (χ1) is 8.58. The van der Waals surface area contributed by atoms with E-state index in [1.54, 1.807) is 6.33 Å². The van der Waals surface area contributed by atoms with Crippen LogP contribution in [0.15, 0.2) is 24.5 Å². The van der Waals surface area contributed by atoms with Crippen LogP contribution in [0.3, 0.4) is 0 Å². The number of hydrogen-bond donors (Lipinski definition) is 0. The number of benzene rings is 1. The minimum atomic E-state index is 0.296. The summed E-state index contributed by atoms with van der Waals surface area (Å²) in [5.74, 6) is 1.76. The zero-order valence-electron chi connectivity index (χ0n) is 11.3. The Morgan fingerprint density at radius 1 is 1.28 bits per heavy atom. The first-order valence-electron chi connectivity index (χ1n) is 6.16. The van der Waals surface area contributed by atoms with Crippen LogP contribution in [0.25, 0.3) is 0 Å². The normalized spacial score (nSPS) is 10.9. The monoisotopic (exact) mass is 245 g/mol. The van der Waals surface area contributed by atoms with Gasteiger partial charge >= 0.3 is 0 Å². The molecule has 2 rings (SSSR count). The number of ether oxygens (including phenoxy) is 1. The van der Waals surface area contributed by atoms with Crippen LogP contribution in [0, 0.1) is 13.8 Å². The lowest BCUT2D eigenvalue weighted by atomic mass is 10.1. The molecule has 2 aromatic rings. The van der Waals surface area contributed by atoms with Crippen LogP contribution < -0.4 is 4.74 Å². The Bertz CT molecular complexity index is 532. The topological polar surface area (TPSA) is 39.9 Å². The van der Waals surface area contributed by atoms with Gasteiger partial charge in [-0.3, -0.25) is 0 Å². The maximum absolute atomic E-state index is 5.83. The van der Waals surface area contributed by atoms with E-state index in [9.17, 15) is 0 Å². The molecule has 0 atom stereocenters. The fourth-order valence-electron chi connectivity index (χ4n) is 1.81. The summed E-state index contributed by atoms with van der Waals surface area (Å²) in [6.07, 6.45) is 1.57. The highest BCUT2D eigenvalue weighted by Crippen LogP contribution is 2.20. The molecule has 4 nitrogen and oxygen atoms in total. The highest BCUT2D eigenvalue weighted by atomic mass is 16.5. The fraction of sp³-hybridized carbons (Fsp3) is 0.429. The van der Waals surface area contributed by atoms with Crippen LogP contribution >= 0.6 is 0 Å². The van der Waals surface area contributed by atoms with Gasteiger partial charge in [0.25, 0.3) is 0 Å². The van der Waals surface area contributed by atoms with Gasteiger partial charge in [0, 0.05) is 6.04 Å². The lowest BCUT2D eigenvalue weighted by molar-refractivity contribution is 0.280. The van der Waals surface area contributed by atoms with Gasteiger partial charge in [-0.25, -0.2) is 9.67 Å². The van der Waals surface area contributed by atoms with Crippen molar-refractivity contribution in [2.75, 3.05) is 0 Å². The first kappa shape index (κ1) is 12.6. The van der Waals surface area contributed by atoms with E-state index < -0.39 is 0 Å². The summed E-state index contributed by atoms with van der Waals surface area (Å²) in [4.78, 5) is 4.23. The SMILES string of the molecule is Cc1ccc(C)c(OCc2ncnn2C(C)C)c1. The lowest BCUT2D eigenvalue weighted by Crippen LogP contribution is -2.11. The summed E-state index contributed by atoms with van der Waals surface area (Å²) in [6, 6.07) is 6.49.